The molecule has 0 bridgehead atoms. The number of aryl methyl sites for hydroxylation is 1. The van der Waals surface area contributed by atoms with Crippen molar-refractivity contribution in [1.29, 1.82) is 0 Å². The molecular formula is C21H25ClN2O3. The van der Waals surface area contributed by atoms with Crippen molar-refractivity contribution in [2.45, 2.75) is 27.2 Å². The molecule has 0 unspecified atom stereocenters. The number of anilines is 1. The third kappa shape index (κ3) is 6.61. The van der Waals surface area contributed by atoms with Crippen LogP contribution in [0.15, 0.2) is 42.5 Å². The van der Waals surface area contributed by atoms with Gasteiger partial charge in [0.05, 0.1) is 11.6 Å². The van der Waals surface area contributed by atoms with Crippen LogP contribution >= 0.6 is 11.6 Å². The van der Waals surface area contributed by atoms with Crippen molar-refractivity contribution >= 4 is 29.1 Å². The van der Waals surface area contributed by atoms with E-state index in [0.29, 0.717) is 34.5 Å². The Balaban J connectivity index is 1.81. The van der Waals surface area contributed by atoms with Crippen molar-refractivity contribution < 1.29 is 14.3 Å². The normalized spacial score (nSPS) is 10.6. The van der Waals surface area contributed by atoms with Gasteiger partial charge >= 0.3 is 0 Å². The van der Waals surface area contributed by atoms with Crippen molar-refractivity contribution in [2.75, 3.05) is 18.5 Å². The molecule has 2 N–H and O–H groups in total. The van der Waals surface area contributed by atoms with Crippen LogP contribution in [0.1, 0.15) is 36.2 Å². The van der Waals surface area contributed by atoms with Crippen molar-refractivity contribution in [2.24, 2.45) is 5.92 Å². The number of hydrogen-bond donors (Lipinski definition) is 2. The number of amides is 2. The molecule has 6 heteroatoms. The Hall–Kier alpha value is -2.53. The lowest BCUT2D eigenvalue weighted by molar-refractivity contribution is -0.116. The molecule has 0 aliphatic carbocycles. The molecule has 2 aromatic carbocycles. The minimum absolute atomic E-state index is 0.168. The Bertz CT molecular complexity index is 806. The molecule has 0 fully saturated rings. The maximum absolute atomic E-state index is 12.1. The zero-order valence-corrected chi connectivity index (χ0v) is 16.6. The van der Waals surface area contributed by atoms with Crippen LogP contribution in [0.25, 0.3) is 0 Å². The summed E-state index contributed by atoms with van der Waals surface area (Å²) in [6, 6.07) is 12.5. The van der Waals surface area contributed by atoms with Gasteiger partial charge in [-0.1, -0.05) is 43.6 Å². The molecule has 2 aromatic rings. The van der Waals surface area contributed by atoms with E-state index < -0.39 is 0 Å². The summed E-state index contributed by atoms with van der Waals surface area (Å²) >= 11 is 6.19. The molecule has 0 aliphatic heterocycles. The van der Waals surface area contributed by atoms with Crippen LogP contribution in [-0.2, 0) is 4.79 Å². The van der Waals surface area contributed by atoms with E-state index in [0.717, 1.165) is 5.56 Å². The highest BCUT2D eigenvalue weighted by atomic mass is 35.5. The van der Waals surface area contributed by atoms with Gasteiger partial charge in [0, 0.05) is 24.2 Å². The fourth-order valence-corrected chi connectivity index (χ4v) is 2.62. The average Bonchev–Trinajstić information content (AvgIpc) is 2.61. The molecule has 0 atom stereocenters. The molecule has 0 heterocycles. The van der Waals surface area contributed by atoms with Crippen LogP contribution in [0, 0.1) is 12.8 Å². The van der Waals surface area contributed by atoms with Crippen LogP contribution in [-0.4, -0.2) is 25.0 Å². The van der Waals surface area contributed by atoms with E-state index in [1.54, 1.807) is 24.3 Å². The molecule has 0 aliphatic rings. The first-order chi connectivity index (χ1) is 12.9. The predicted octanol–water partition coefficient (Wildman–Crippen LogP) is 4.44. The van der Waals surface area contributed by atoms with Crippen LogP contribution in [0.2, 0.25) is 5.02 Å². The zero-order chi connectivity index (χ0) is 19.8. The summed E-state index contributed by atoms with van der Waals surface area (Å²) in [7, 11) is 0. The average molecular weight is 389 g/mol. The number of nitrogens with one attached hydrogen (secondary N) is 2. The van der Waals surface area contributed by atoms with E-state index >= 15 is 0 Å². The number of halogens is 1. The zero-order valence-electron chi connectivity index (χ0n) is 15.8. The summed E-state index contributed by atoms with van der Waals surface area (Å²) in [4.78, 5) is 24.2. The van der Waals surface area contributed by atoms with Gasteiger partial charge in [-0.3, -0.25) is 9.59 Å². The minimum atomic E-state index is -0.202. The van der Waals surface area contributed by atoms with Gasteiger partial charge in [0.1, 0.15) is 5.75 Å². The van der Waals surface area contributed by atoms with E-state index in [4.69, 9.17) is 16.3 Å². The largest absolute Gasteiger partial charge is 0.492 e. The first-order valence-corrected chi connectivity index (χ1v) is 9.30. The lowest BCUT2D eigenvalue weighted by Crippen LogP contribution is -2.28. The highest BCUT2D eigenvalue weighted by Gasteiger charge is 2.10. The molecule has 144 valence electrons. The highest BCUT2D eigenvalue weighted by molar-refractivity contribution is 6.32. The van der Waals surface area contributed by atoms with Crippen LogP contribution in [0.5, 0.6) is 5.75 Å². The third-order valence-electron chi connectivity index (χ3n) is 3.82. The summed E-state index contributed by atoms with van der Waals surface area (Å²) < 4.78 is 5.61. The first-order valence-electron chi connectivity index (χ1n) is 8.93. The van der Waals surface area contributed by atoms with Gasteiger partial charge in [-0.2, -0.15) is 0 Å². The lowest BCUT2D eigenvalue weighted by atomic mass is 10.1. The summed E-state index contributed by atoms with van der Waals surface area (Å²) in [5.74, 6) is 0.604. The molecule has 0 radical (unpaired) electrons. The second-order valence-electron chi connectivity index (χ2n) is 6.72. The van der Waals surface area contributed by atoms with Crippen molar-refractivity contribution in [3.05, 3.63) is 58.6 Å². The van der Waals surface area contributed by atoms with Gasteiger partial charge in [0.2, 0.25) is 5.91 Å². The molecular weight excluding hydrogens is 364 g/mol. The van der Waals surface area contributed by atoms with Gasteiger partial charge in [-0.15, -0.1) is 0 Å². The van der Waals surface area contributed by atoms with Gasteiger partial charge in [0.15, 0.2) is 0 Å². The summed E-state index contributed by atoms with van der Waals surface area (Å²) in [6.45, 7) is 6.81. The Morgan fingerprint density at radius 1 is 1.15 bits per heavy atom. The van der Waals surface area contributed by atoms with E-state index in [1.807, 2.05) is 25.1 Å². The van der Waals surface area contributed by atoms with E-state index in [9.17, 15) is 9.59 Å². The number of carbonyl (C=O) groups is 2. The Morgan fingerprint density at radius 2 is 1.89 bits per heavy atom. The molecule has 27 heavy (non-hydrogen) atoms. The number of carbonyl (C=O) groups excluding carboxylic acids is 2. The second-order valence-corrected chi connectivity index (χ2v) is 7.13. The molecule has 2 rings (SSSR count). The summed E-state index contributed by atoms with van der Waals surface area (Å²) in [6.07, 6.45) is 0.168. The number of hydrogen-bond acceptors (Lipinski definition) is 3. The van der Waals surface area contributed by atoms with E-state index in [2.05, 4.69) is 24.5 Å². The topological polar surface area (TPSA) is 67.4 Å². The lowest BCUT2D eigenvalue weighted by Gasteiger charge is -2.12. The van der Waals surface area contributed by atoms with Crippen LogP contribution in [0.4, 0.5) is 5.69 Å². The van der Waals surface area contributed by atoms with Gasteiger partial charge in [-0.25, -0.2) is 0 Å². The molecule has 0 aromatic heterocycles. The minimum Gasteiger partial charge on any atom is -0.492 e. The Labute approximate surface area is 165 Å². The van der Waals surface area contributed by atoms with E-state index in [1.165, 1.54) is 0 Å². The highest BCUT2D eigenvalue weighted by Crippen LogP contribution is 2.28. The van der Waals surface area contributed by atoms with Crippen LogP contribution in [0.3, 0.4) is 0 Å². The maximum Gasteiger partial charge on any atom is 0.251 e. The summed E-state index contributed by atoms with van der Waals surface area (Å²) in [5, 5.41) is 5.97. The summed E-state index contributed by atoms with van der Waals surface area (Å²) in [5.41, 5.74) is 2.10. The Kier molecular flexibility index (Phi) is 7.67. The SMILES string of the molecule is Cc1ccccc1C(=O)NCCC(=O)Nc1ccc(OCC(C)C)c(Cl)c1. The predicted molar refractivity (Wildman–Crippen MR) is 109 cm³/mol. The second kappa shape index (κ2) is 9.97. The fourth-order valence-electron chi connectivity index (χ4n) is 2.39. The quantitative estimate of drug-likeness (QED) is 0.702. The fraction of sp³-hybridized carbons (Fsp3) is 0.333. The maximum atomic E-state index is 12.1. The van der Waals surface area contributed by atoms with Crippen molar-refractivity contribution in [3.8, 4) is 5.75 Å². The molecule has 0 saturated carbocycles. The van der Waals surface area contributed by atoms with Crippen LogP contribution < -0.4 is 15.4 Å². The monoisotopic (exact) mass is 388 g/mol. The molecule has 0 saturated heterocycles. The smallest absolute Gasteiger partial charge is 0.251 e. The third-order valence-corrected chi connectivity index (χ3v) is 4.11. The molecule has 5 nitrogen and oxygen atoms in total. The number of ether oxygens (including phenoxy) is 1. The standard InChI is InChI=1S/C21H25ClN2O3/c1-14(2)13-27-19-9-8-16(12-18(19)22)24-20(25)10-11-23-21(26)17-7-5-4-6-15(17)3/h4-9,12,14H,10-11,13H2,1-3H3,(H,23,26)(H,24,25). The van der Waals surface area contributed by atoms with Crippen molar-refractivity contribution in [1.82, 2.24) is 5.32 Å². The van der Waals surface area contributed by atoms with E-state index in [-0.39, 0.29) is 24.8 Å². The van der Waals surface area contributed by atoms with Crippen molar-refractivity contribution in [3.63, 3.8) is 0 Å². The number of benzene rings is 2. The molecule has 2 amide bonds. The van der Waals surface area contributed by atoms with Gasteiger partial charge < -0.3 is 15.4 Å². The first kappa shape index (κ1) is 20.8. The van der Waals surface area contributed by atoms with Gasteiger partial charge in [0.25, 0.3) is 5.91 Å². The van der Waals surface area contributed by atoms with Gasteiger partial charge in [-0.05, 0) is 42.7 Å². The number of rotatable bonds is 8. The molecule has 0 spiro atoms. The Morgan fingerprint density at radius 3 is 2.56 bits per heavy atom.